The van der Waals surface area contributed by atoms with Gasteiger partial charge in [0.25, 0.3) is 0 Å². The van der Waals surface area contributed by atoms with Gasteiger partial charge in [-0.25, -0.2) is 0 Å². The maximum absolute atomic E-state index is 13.0. The van der Waals surface area contributed by atoms with Gasteiger partial charge < -0.3 is 9.26 Å². The molecule has 0 fully saturated rings. The first kappa shape index (κ1) is 19.9. The summed E-state index contributed by atoms with van der Waals surface area (Å²) < 4.78 is 23.1. The third-order valence-electron chi connectivity index (χ3n) is 3.93. The van der Waals surface area contributed by atoms with Crippen molar-refractivity contribution < 1.29 is 18.6 Å². The van der Waals surface area contributed by atoms with E-state index in [-0.39, 0.29) is 18.0 Å². The van der Waals surface area contributed by atoms with E-state index in [1.165, 1.54) is 19.8 Å². The molecule has 2 atom stereocenters. The van der Waals surface area contributed by atoms with Crippen molar-refractivity contribution in [2.45, 2.75) is 33.1 Å². The average Bonchev–Trinajstić information content (AvgIpc) is 2.54. The molecule has 0 spiro atoms. The van der Waals surface area contributed by atoms with Crippen molar-refractivity contribution in [3.05, 3.63) is 35.9 Å². The maximum atomic E-state index is 13.0. The van der Waals surface area contributed by atoms with Crippen LogP contribution in [-0.2, 0) is 25.0 Å². The van der Waals surface area contributed by atoms with Gasteiger partial charge in [0.15, 0.2) is 0 Å². The fraction of sp³-hybridized carbons (Fsp3) is 0.611. The number of carbonyl (C=O) groups is 1. The van der Waals surface area contributed by atoms with E-state index in [0.717, 1.165) is 12.8 Å². The number of esters is 1. The van der Waals surface area contributed by atoms with Crippen LogP contribution < -0.4 is 0 Å². The zero-order valence-corrected chi connectivity index (χ0v) is 15.6. The Morgan fingerprint density at radius 1 is 1.17 bits per heavy atom. The van der Waals surface area contributed by atoms with Gasteiger partial charge in [0.2, 0.25) is 7.37 Å². The monoisotopic (exact) mass is 340 g/mol. The Hall–Kier alpha value is -1.12. The fourth-order valence-electron chi connectivity index (χ4n) is 2.74. The highest BCUT2D eigenvalue weighted by molar-refractivity contribution is 7.59. The molecule has 2 unspecified atom stereocenters. The molecule has 0 bridgehead atoms. The first-order chi connectivity index (χ1) is 10.9. The Morgan fingerprint density at radius 3 is 2.35 bits per heavy atom. The smallest absolute Gasteiger partial charge is 0.309 e. The van der Waals surface area contributed by atoms with Crippen LogP contribution in [0.25, 0.3) is 0 Å². The number of benzene rings is 1. The summed E-state index contributed by atoms with van der Waals surface area (Å²) in [6.45, 7) is 4.09. The summed E-state index contributed by atoms with van der Waals surface area (Å²) in [5, 5.41) is 0. The number of hydrogen-bond acceptors (Lipinski definition) is 4. The minimum atomic E-state index is -2.82. The van der Waals surface area contributed by atoms with E-state index in [9.17, 15) is 9.36 Å². The molecule has 130 valence electrons. The van der Waals surface area contributed by atoms with Gasteiger partial charge in [0.1, 0.15) is 0 Å². The van der Waals surface area contributed by atoms with Gasteiger partial charge in [-0.3, -0.25) is 9.36 Å². The predicted molar refractivity (Wildman–Crippen MR) is 94.1 cm³/mol. The van der Waals surface area contributed by atoms with Crippen molar-refractivity contribution in [2.75, 3.05) is 26.5 Å². The van der Waals surface area contributed by atoms with E-state index in [0.29, 0.717) is 18.5 Å². The molecule has 0 radical (unpaired) electrons. The van der Waals surface area contributed by atoms with Gasteiger partial charge in [-0.05, 0) is 30.7 Å². The lowest BCUT2D eigenvalue weighted by molar-refractivity contribution is -0.145. The Balaban J connectivity index is 2.63. The molecule has 0 aliphatic carbocycles. The second kappa shape index (κ2) is 9.89. The number of ether oxygens (including phenoxy) is 1. The van der Waals surface area contributed by atoms with Crippen LogP contribution in [0.5, 0.6) is 0 Å². The maximum Gasteiger partial charge on any atom is 0.309 e. The largest absolute Gasteiger partial charge is 0.469 e. The van der Waals surface area contributed by atoms with Crippen molar-refractivity contribution in [3.8, 4) is 0 Å². The van der Waals surface area contributed by atoms with Gasteiger partial charge >= 0.3 is 5.97 Å². The lowest BCUT2D eigenvalue weighted by Crippen LogP contribution is -2.23. The number of methoxy groups -OCH3 is 1. The quantitative estimate of drug-likeness (QED) is 0.468. The Morgan fingerprint density at radius 2 is 1.83 bits per heavy atom. The van der Waals surface area contributed by atoms with Crippen LogP contribution in [0.3, 0.4) is 0 Å². The first-order valence-electron chi connectivity index (χ1n) is 8.15. The van der Waals surface area contributed by atoms with Gasteiger partial charge in [-0.2, -0.15) is 0 Å². The van der Waals surface area contributed by atoms with Crippen LogP contribution in [0.1, 0.15) is 32.3 Å². The second-order valence-electron chi connectivity index (χ2n) is 6.34. The van der Waals surface area contributed by atoms with Crippen LogP contribution in [-0.4, -0.2) is 32.5 Å². The van der Waals surface area contributed by atoms with Crippen molar-refractivity contribution in [1.29, 1.82) is 0 Å². The molecule has 5 heteroatoms. The number of aryl methyl sites for hydroxylation is 1. The molecule has 0 aliphatic heterocycles. The molecule has 0 N–H and O–H groups in total. The molecular weight excluding hydrogens is 311 g/mol. The Bertz CT molecular complexity index is 513. The zero-order chi connectivity index (χ0) is 17.3. The molecule has 1 aromatic rings. The number of hydrogen-bond donors (Lipinski definition) is 0. The van der Waals surface area contributed by atoms with Gasteiger partial charge in [-0.1, -0.05) is 44.2 Å². The minimum absolute atomic E-state index is 0.267. The van der Waals surface area contributed by atoms with Crippen molar-refractivity contribution >= 4 is 13.3 Å². The van der Waals surface area contributed by atoms with Crippen molar-refractivity contribution in [1.82, 2.24) is 0 Å². The zero-order valence-electron chi connectivity index (χ0n) is 14.7. The summed E-state index contributed by atoms with van der Waals surface area (Å²) in [7, 11) is 0.0395. The topological polar surface area (TPSA) is 52.6 Å². The molecule has 1 aromatic carbocycles. The number of rotatable bonds is 10. The molecule has 0 heterocycles. The summed E-state index contributed by atoms with van der Waals surface area (Å²) in [5.74, 6) is -0.310. The van der Waals surface area contributed by atoms with Crippen molar-refractivity contribution in [2.24, 2.45) is 11.8 Å². The molecule has 0 aromatic heterocycles. The molecule has 1 rings (SSSR count). The highest BCUT2D eigenvalue weighted by Crippen LogP contribution is 2.49. The lowest BCUT2D eigenvalue weighted by Gasteiger charge is -2.22. The first-order valence-corrected chi connectivity index (χ1v) is 10.1. The summed E-state index contributed by atoms with van der Waals surface area (Å²) >= 11 is 0. The summed E-state index contributed by atoms with van der Waals surface area (Å²) in [6.07, 6.45) is 3.07. The van der Waals surface area contributed by atoms with Crippen LogP contribution >= 0.6 is 7.37 Å². The lowest BCUT2D eigenvalue weighted by atomic mass is 9.99. The van der Waals surface area contributed by atoms with E-state index in [2.05, 4.69) is 12.1 Å². The van der Waals surface area contributed by atoms with Crippen molar-refractivity contribution in [3.63, 3.8) is 0 Å². The van der Waals surface area contributed by atoms with E-state index in [1.54, 1.807) is 0 Å². The van der Waals surface area contributed by atoms with Crippen LogP contribution in [0.15, 0.2) is 30.3 Å². The van der Waals surface area contributed by atoms with E-state index in [4.69, 9.17) is 9.26 Å². The Kier molecular flexibility index (Phi) is 8.57. The fourth-order valence-corrected chi connectivity index (χ4v) is 4.87. The highest BCUT2D eigenvalue weighted by Gasteiger charge is 2.31. The molecule has 0 amide bonds. The van der Waals surface area contributed by atoms with E-state index in [1.807, 2.05) is 32.0 Å². The molecule has 0 saturated heterocycles. The SMILES string of the molecule is COC(=O)C(CC(C)C)CP(=O)(CCCc1ccccc1)OC. The molecule has 23 heavy (non-hydrogen) atoms. The molecule has 0 aliphatic rings. The molecule has 4 nitrogen and oxygen atoms in total. The van der Waals surface area contributed by atoms with Crippen LogP contribution in [0.2, 0.25) is 0 Å². The predicted octanol–water partition coefficient (Wildman–Crippen LogP) is 4.38. The molecular formula is C18H29O4P. The van der Waals surface area contributed by atoms with Gasteiger partial charge in [0, 0.05) is 19.4 Å². The van der Waals surface area contributed by atoms with Crippen LogP contribution in [0, 0.1) is 11.8 Å². The average molecular weight is 340 g/mol. The number of carbonyl (C=O) groups excluding carboxylic acids is 1. The third-order valence-corrected chi connectivity index (χ3v) is 6.59. The minimum Gasteiger partial charge on any atom is -0.469 e. The normalized spacial score (nSPS) is 15.2. The summed E-state index contributed by atoms with van der Waals surface area (Å²) in [5.41, 5.74) is 1.22. The summed E-state index contributed by atoms with van der Waals surface area (Å²) in [6, 6.07) is 10.1. The van der Waals surface area contributed by atoms with Gasteiger partial charge in [0.05, 0.1) is 13.0 Å². The van der Waals surface area contributed by atoms with E-state index >= 15 is 0 Å². The molecule has 0 saturated carbocycles. The standard InChI is InChI=1S/C18H29O4P/c1-15(2)13-17(18(19)21-3)14-23(20,22-4)12-8-11-16-9-6-5-7-10-16/h5-7,9-10,15,17H,8,11-14H2,1-4H3. The second-order valence-corrected chi connectivity index (χ2v) is 9.15. The highest BCUT2D eigenvalue weighted by atomic mass is 31.2. The Labute approximate surface area is 140 Å². The van der Waals surface area contributed by atoms with E-state index < -0.39 is 7.37 Å². The summed E-state index contributed by atoms with van der Waals surface area (Å²) in [4.78, 5) is 11.9. The van der Waals surface area contributed by atoms with Gasteiger partial charge in [-0.15, -0.1) is 0 Å². The third kappa shape index (κ3) is 7.32. The van der Waals surface area contributed by atoms with Crippen LogP contribution in [0.4, 0.5) is 0 Å².